The number of rotatable bonds is 5. The molecule has 1 aromatic heterocycles. The Bertz CT molecular complexity index is 547. The van der Waals surface area contributed by atoms with Gasteiger partial charge < -0.3 is 16.4 Å². The van der Waals surface area contributed by atoms with Gasteiger partial charge in [0.15, 0.2) is 0 Å². The molecule has 8 nitrogen and oxygen atoms in total. The van der Waals surface area contributed by atoms with Crippen LogP contribution in [0.25, 0.3) is 0 Å². The topological polar surface area (TPSA) is 128 Å². The molecule has 1 atom stereocenters. The predicted octanol–water partition coefficient (Wildman–Crippen LogP) is 0.796. The van der Waals surface area contributed by atoms with Crippen molar-refractivity contribution in [1.29, 1.82) is 0 Å². The normalized spacial score (nSPS) is 18.5. The number of primary amides is 1. The van der Waals surface area contributed by atoms with E-state index in [-0.39, 0.29) is 17.3 Å². The second-order valence-corrected chi connectivity index (χ2v) is 5.11. The summed E-state index contributed by atoms with van der Waals surface area (Å²) in [5.74, 6) is -0.287. The molecule has 0 saturated carbocycles. The summed E-state index contributed by atoms with van der Waals surface area (Å²) < 4.78 is 0. The van der Waals surface area contributed by atoms with Crippen molar-refractivity contribution in [2.45, 2.75) is 31.7 Å². The summed E-state index contributed by atoms with van der Waals surface area (Å²) in [6.07, 6.45) is 5.00. The number of piperidine rings is 1. The Balaban J connectivity index is 2.41. The molecule has 4 N–H and O–H groups in total. The number of nitrogens with two attached hydrogens (primary N) is 2. The Morgan fingerprint density at radius 2 is 2.29 bits per heavy atom. The van der Waals surface area contributed by atoms with Crippen LogP contribution in [-0.4, -0.2) is 34.9 Å². The molecule has 21 heavy (non-hydrogen) atoms. The molecule has 1 saturated heterocycles. The van der Waals surface area contributed by atoms with Crippen molar-refractivity contribution in [3.05, 3.63) is 27.9 Å². The first-order valence-electron chi connectivity index (χ1n) is 6.95. The minimum Gasteiger partial charge on any atom is -0.365 e. The second-order valence-electron chi connectivity index (χ2n) is 5.11. The highest BCUT2D eigenvalue weighted by Gasteiger charge is 2.27. The molecule has 1 aliphatic rings. The number of amides is 1. The number of nitro groups is 1. The zero-order valence-electron chi connectivity index (χ0n) is 11.7. The standard InChI is InChI=1S/C13H19N5O3/c14-5-4-9-3-1-2-6-17(9)13-11(12(15)19)7-10(8-16-13)18(20)21/h7-9H,1-6,14H2,(H2,15,19). The molecule has 0 spiro atoms. The number of aromatic nitrogens is 1. The molecule has 114 valence electrons. The van der Waals surface area contributed by atoms with Gasteiger partial charge in [-0.1, -0.05) is 0 Å². The highest BCUT2D eigenvalue weighted by molar-refractivity contribution is 5.98. The maximum atomic E-state index is 11.6. The van der Waals surface area contributed by atoms with E-state index < -0.39 is 10.8 Å². The number of pyridine rings is 1. The lowest BCUT2D eigenvalue weighted by Crippen LogP contribution is -2.42. The van der Waals surface area contributed by atoms with E-state index in [0.717, 1.165) is 38.4 Å². The predicted molar refractivity (Wildman–Crippen MR) is 78.1 cm³/mol. The highest BCUT2D eigenvalue weighted by atomic mass is 16.6. The van der Waals surface area contributed by atoms with Crippen molar-refractivity contribution in [2.24, 2.45) is 11.5 Å². The molecule has 0 bridgehead atoms. The van der Waals surface area contributed by atoms with Gasteiger partial charge in [-0.15, -0.1) is 0 Å². The summed E-state index contributed by atoms with van der Waals surface area (Å²) in [6.45, 7) is 1.29. The monoisotopic (exact) mass is 293 g/mol. The lowest BCUT2D eigenvalue weighted by molar-refractivity contribution is -0.385. The van der Waals surface area contributed by atoms with E-state index >= 15 is 0 Å². The smallest absolute Gasteiger partial charge is 0.288 e. The SMILES string of the molecule is NCCC1CCCCN1c1ncc([N+](=O)[O-])cc1C(N)=O. The molecule has 2 heterocycles. The highest BCUT2D eigenvalue weighted by Crippen LogP contribution is 2.29. The van der Waals surface area contributed by atoms with Crippen LogP contribution in [0, 0.1) is 10.1 Å². The quantitative estimate of drug-likeness (QED) is 0.610. The lowest BCUT2D eigenvalue weighted by Gasteiger charge is -2.37. The van der Waals surface area contributed by atoms with Gasteiger partial charge in [-0.25, -0.2) is 4.98 Å². The molecule has 1 aliphatic heterocycles. The third kappa shape index (κ3) is 3.27. The van der Waals surface area contributed by atoms with E-state index in [9.17, 15) is 14.9 Å². The average molecular weight is 293 g/mol. The summed E-state index contributed by atoms with van der Waals surface area (Å²) in [7, 11) is 0. The lowest BCUT2D eigenvalue weighted by atomic mass is 9.98. The Morgan fingerprint density at radius 3 is 2.90 bits per heavy atom. The Labute approximate surface area is 122 Å². The Hall–Kier alpha value is -2.22. The molecule has 1 amide bonds. The molecule has 0 radical (unpaired) electrons. The van der Waals surface area contributed by atoms with Crippen LogP contribution in [0.15, 0.2) is 12.3 Å². The zero-order valence-corrected chi connectivity index (χ0v) is 11.7. The summed E-state index contributed by atoms with van der Waals surface area (Å²) in [5.41, 5.74) is 10.8. The molecule has 1 aromatic rings. The number of carbonyl (C=O) groups is 1. The van der Waals surface area contributed by atoms with Crippen molar-refractivity contribution in [3.63, 3.8) is 0 Å². The molecular formula is C13H19N5O3. The van der Waals surface area contributed by atoms with E-state index in [0.29, 0.717) is 12.4 Å². The third-order valence-corrected chi connectivity index (χ3v) is 3.73. The van der Waals surface area contributed by atoms with Crippen LogP contribution in [-0.2, 0) is 0 Å². The van der Waals surface area contributed by atoms with E-state index in [1.165, 1.54) is 6.07 Å². The molecule has 1 unspecified atom stereocenters. The average Bonchev–Trinajstić information content (AvgIpc) is 2.47. The number of nitrogens with zero attached hydrogens (tertiary/aromatic N) is 3. The number of hydrogen-bond donors (Lipinski definition) is 2. The molecule has 1 fully saturated rings. The van der Waals surface area contributed by atoms with Crippen LogP contribution in [0.5, 0.6) is 0 Å². The first-order chi connectivity index (χ1) is 10.0. The van der Waals surface area contributed by atoms with E-state index in [1.807, 2.05) is 4.90 Å². The third-order valence-electron chi connectivity index (χ3n) is 3.73. The minimum atomic E-state index is -0.710. The first kappa shape index (κ1) is 15.2. The van der Waals surface area contributed by atoms with Crippen LogP contribution >= 0.6 is 0 Å². The van der Waals surface area contributed by atoms with Gasteiger partial charge in [-0.05, 0) is 32.2 Å². The van der Waals surface area contributed by atoms with Gasteiger partial charge in [-0.2, -0.15) is 0 Å². The molecular weight excluding hydrogens is 274 g/mol. The van der Waals surface area contributed by atoms with Gasteiger partial charge >= 0.3 is 0 Å². The van der Waals surface area contributed by atoms with Crippen molar-refractivity contribution < 1.29 is 9.72 Å². The van der Waals surface area contributed by atoms with Crippen LogP contribution in [0.4, 0.5) is 11.5 Å². The number of hydrogen-bond acceptors (Lipinski definition) is 6. The van der Waals surface area contributed by atoms with Crippen molar-refractivity contribution >= 4 is 17.4 Å². The minimum absolute atomic E-state index is 0.0909. The first-order valence-corrected chi connectivity index (χ1v) is 6.95. The van der Waals surface area contributed by atoms with Crippen LogP contribution < -0.4 is 16.4 Å². The molecule has 8 heteroatoms. The fourth-order valence-corrected chi connectivity index (χ4v) is 2.73. The van der Waals surface area contributed by atoms with Crippen LogP contribution in [0.2, 0.25) is 0 Å². The van der Waals surface area contributed by atoms with Crippen LogP contribution in [0.1, 0.15) is 36.0 Å². The largest absolute Gasteiger partial charge is 0.365 e. The Morgan fingerprint density at radius 1 is 1.52 bits per heavy atom. The van der Waals surface area contributed by atoms with E-state index in [1.54, 1.807) is 0 Å². The summed E-state index contributed by atoms with van der Waals surface area (Å²) in [6, 6.07) is 1.38. The molecule has 0 aliphatic carbocycles. The summed E-state index contributed by atoms with van der Waals surface area (Å²) >= 11 is 0. The van der Waals surface area contributed by atoms with Gasteiger partial charge in [0, 0.05) is 18.7 Å². The van der Waals surface area contributed by atoms with E-state index in [4.69, 9.17) is 11.5 Å². The molecule has 0 aromatic carbocycles. The van der Waals surface area contributed by atoms with Crippen molar-refractivity contribution in [2.75, 3.05) is 18.0 Å². The second kappa shape index (κ2) is 6.49. The van der Waals surface area contributed by atoms with E-state index in [2.05, 4.69) is 4.98 Å². The summed E-state index contributed by atoms with van der Waals surface area (Å²) in [5, 5.41) is 10.8. The van der Waals surface area contributed by atoms with Gasteiger partial charge in [-0.3, -0.25) is 14.9 Å². The maximum absolute atomic E-state index is 11.6. The van der Waals surface area contributed by atoms with Crippen molar-refractivity contribution in [3.8, 4) is 0 Å². The van der Waals surface area contributed by atoms with Crippen molar-refractivity contribution in [1.82, 2.24) is 4.98 Å². The Kier molecular flexibility index (Phi) is 4.69. The van der Waals surface area contributed by atoms with Gasteiger partial charge in [0.2, 0.25) is 0 Å². The fraction of sp³-hybridized carbons (Fsp3) is 0.538. The fourth-order valence-electron chi connectivity index (χ4n) is 2.73. The van der Waals surface area contributed by atoms with Crippen LogP contribution in [0.3, 0.4) is 0 Å². The van der Waals surface area contributed by atoms with Gasteiger partial charge in [0.25, 0.3) is 11.6 Å². The number of anilines is 1. The number of carbonyl (C=O) groups excluding carboxylic acids is 1. The molecule has 2 rings (SSSR count). The van der Waals surface area contributed by atoms with Gasteiger partial charge in [0.1, 0.15) is 12.0 Å². The zero-order chi connectivity index (χ0) is 15.4. The summed E-state index contributed by atoms with van der Waals surface area (Å²) in [4.78, 5) is 28.0. The maximum Gasteiger partial charge on any atom is 0.288 e. The van der Waals surface area contributed by atoms with Gasteiger partial charge in [0.05, 0.1) is 10.5 Å².